The van der Waals surface area contributed by atoms with Gasteiger partial charge in [0.15, 0.2) is 0 Å². The van der Waals surface area contributed by atoms with Crippen LogP contribution < -0.4 is 10.2 Å². The van der Waals surface area contributed by atoms with Crippen molar-refractivity contribution in [3.63, 3.8) is 0 Å². The first-order valence-electron chi connectivity index (χ1n) is 6.90. The number of nitro benzene ring substituents is 1. The predicted octanol–water partition coefficient (Wildman–Crippen LogP) is 2.35. The number of imide groups is 1. The molecule has 2 fully saturated rings. The lowest BCUT2D eigenvalue weighted by Gasteiger charge is -2.38. The summed E-state index contributed by atoms with van der Waals surface area (Å²) in [4.78, 5) is 35.9. The fraction of sp³-hybridized carbons (Fsp3) is 0.429. The number of nitro groups is 1. The molecule has 1 N–H and O–H groups in total. The fourth-order valence-corrected chi connectivity index (χ4v) is 3.17. The zero-order chi connectivity index (χ0) is 15.0. The molecule has 1 aliphatic heterocycles. The molecule has 7 nitrogen and oxygen atoms in total. The lowest BCUT2D eigenvalue weighted by atomic mass is 9.90. The molecule has 0 radical (unpaired) electrons. The molecule has 110 valence electrons. The third-order valence-corrected chi connectivity index (χ3v) is 4.17. The highest BCUT2D eigenvalue weighted by molar-refractivity contribution is 6.16. The van der Waals surface area contributed by atoms with Crippen molar-refractivity contribution in [2.24, 2.45) is 0 Å². The highest BCUT2D eigenvalue weighted by Crippen LogP contribution is 2.36. The predicted molar refractivity (Wildman–Crippen MR) is 74.9 cm³/mol. The van der Waals surface area contributed by atoms with E-state index in [1.54, 1.807) is 0 Å². The van der Waals surface area contributed by atoms with Crippen LogP contribution >= 0.6 is 0 Å². The molecule has 1 heterocycles. The molecule has 3 rings (SSSR count). The van der Waals surface area contributed by atoms with E-state index in [0.29, 0.717) is 0 Å². The van der Waals surface area contributed by atoms with Crippen LogP contribution in [0.4, 0.5) is 16.2 Å². The van der Waals surface area contributed by atoms with Crippen LogP contribution in [0, 0.1) is 10.1 Å². The Kier molecular flexibility index (Phi) is 3.12. The third kappa shape index (κ3) is 2.35. The summed E-state index contributed by atoms with van der Waals surface area (Å²) in [6, 6.07) is 5.07. The summed E-state index contributed by atoms with van der Waals surface area (Å²) in [5.41, 5.74) is -0.320. The van der Waals surface area contributed by atoms with Gasteiger partial charge in [0.2, 0.25) is 5.91 Å². The van der Waals surface area contributed by atoms with E-state index in [4.69, 9.17) is 0 Å². The zero-order valence-corrected chi connectivity index (χ0v) is 11.4. The number of benzene rings is 1. The van der Waals surface area contributed by atoms with Gasteiger partial charge in [0, 0.05) is 12.1 Å². The first-order chi connectivity index (χ1) is 10.0. The number of hydrogen-bond acceptors (Lipinski definition) is 4. The second kappa shape index (κ2) is 4.83. The number of urea groups is 1. The molecule has 1 aliphatic carbocycles. The number of anilines is 1. The van der Waals surface area contributed by atoms with Gasteiger partial charge < -0.3 is 5.32 Å². The van der Waals surface area contributed by atoms with Gasteiger partial charge in [0.25, 0.3) is 5.69 Å². The summed E-state index contributed by atoms with van der Waals surface area (Å²) in [7, 11) is 0. The van der Waals surface area contributed by atoms with Gasteiger partial charge in [-0.25, -0.2) is 9.69 Å². The maximum atomic E-state index is 12.3. The molecule has 1 aromatic rings. The van der Waals surface area contributed by atoms with Crippen molar-refractivity contribution in [2.45, 2.75) is 37.6 Å². The Hall–Kier alpha value is -2.44. The summed E-state index contributed by atoms with van der Waals surface area (Å²) in [5, 5.41) is 13.7. The van der Waals surface area contributed by atoms with Crippen molar-refractivity contribution in [1.82, 2.24) is 5.32 Å². The zero-order valence-electron chi connectivity index (χ0n) is 11.4. The molecule has 1 spiro atoms. The molecule has 1 saturated carbocycles. The topological polar surface area (TPSA) is 92.6 Å². The van der Waals surface area contributed by atoms with Gasteiger partial charge in [-0.15, -0.1) is 0 Å². The van der Waals surface area contributed by atoms with Gasteiger partial charge in [-0.2, -0.15) is 0 Å². The van der Waals surface area contributed by atoms with E-state index >= 15 is 0 Å². The highest BCUT2D eigenvalue weighted by atomic mass is 16.6. The normalized spacial score (nSPS) is 20.7. The molecule has 1 saturated heterocycles. The molecule has 1 aromatic carbocycles. The van der Waals surface area contributed by atoms with Crippen molar-refractivity contribution in [3.05, 3.63) is 34.4 Å². The SMILES string of the molecule is O=C1CC2(CCCC2)NC(=O)N1c1cccc([N+](=O)[O-])c1. The maximum absolute atomic E-state index is 12.3. The van der Waals surface area contributed by atoms with Crippen LogP contribution in [0.1, 0.15) is 32.1 Å². The molecular weight excluding hydrogens is 274 g/mol. The molecule has 0 unspecified atom stereocenters. The third-order valence-electron chi connectivity index (χ3n) is 4.17. The minimum atomic E-state index is -0.547. The fourth-order valence-electron chi connectivity index (χ4n) is 3.17. The number of carbonyl (C=O) groups is 2. The van der Waals surface area contributed by atoms with Crippen LogP contribution in [0.5, 0.6) is 0 Å². The lowest BCUT2D eigenvalue weighted by molar-refractivity contribution is -0.384. The Labute approximate surface area is 121 Å². The van der Waals surface area contributed by atoms with E-state index in [1.807, 2.05) is 0 Å². The van der Waals surface area contributed by atoms with E-state index in [-0.39, 0.29) is 23.7 Å². The Morgan fingerprint density at radius 2 is 1.95 bits per heavy atom. The molecule has 3 amide bonds. The summed E-state index contributed by atoms with van der Waals surface area (Å²) in [5.74, 6) is -0.304. The summed E-state index contributed by atoms with van der Waals surface area (Å²) < 4.78 is 0. The van der Waals surface area contributed by atoms with E-state index in [1.165, 1.54) is 24.3 Å². The van der Waals surface area contributed by atoms with Crippen LogP contribution in [-0.4, -0.2) is 22.4 Å². The Balaban J connectivity index is 1.89. The molecule has 0 atom stereocenters. The van der Waals surface area contributed by atoms with Crippen molar-refractivity contribution in [1.29, 1.82) is 0 Å². The largest absolute Gasteiger partial charge is 0.331 e. The lowest BCUT2D eigenvalue weighted by Crippen LogP contribution is -2.61. The van der Waals surface area contributed by atoms with Crippen molar-refractivity contribution >= 4 is 23.3 Å². The number of nitrogens with zero attached hydrogens (tertiary/aromatic N) is 2. The van der Waals surface area contributed by atoms with Crippen LogP contribution in [0.2, 0.25) is 0 Å². The van der Waals surface area contributed by atoms with Crippen LogP contribution in [0.3, 0.4) is 0 Å². The van der Waals surface area contributed by atoms with E-state index in [9.17, 15) is 19.7 Å². The summed E-state index contributed by atoms with van der Waals surface area (Å²) in [6.45, 7) is 0. The van der Waals surface area contributed by atoms with E-state index in [2.05, 4.69) is 5.32 Å². The molecule has 21 heavy (non-hydrogen) atoms. The van der Waals surface area contributed by atoms with Gasteiger partial charge in [0.1, 0.15) is 0 Å². The molecular formula is C14H15N3O4. The molecule has 0 aromatic heterocycles. The van der Waals surface area contributed by atoms with Crippen molar-refractivity contribution < 1.29 is 14.5 Å². The minimum Gasteiger partial charge on any atom is -0.331 e. The standard InChI is InChI=1S/C14H15N3O4/c18-12-9-14(6-1-2-7-14)15-13(19)16(12)10-4-3-5-11(8-10)17(20)21/h3-5,8H,1-2,6-7,9H2,(H,15,19). The Morgan fingerprint density at radius 1 is 1.24 bits per heavy atom. The molecule has 2 aliphatic rings. The van der Waals surface area contributed by atoms with Gasteiger partial charge in [-0.05, 0) is 18.9 Å². The minimum absolute atomic E-state index is 0.144. The van der Waals surface area contributed by atoms with E-state index < -0.39 is 16.5 Å². The molecule has 7 heteroatoms. The average molecular weight is 289 g/mol. The van der Waals surface area contributed by atoms with Crippen LogP contribution in [0.15, 0.2) is 24.3 Å². The smallest absolute Gasteiger partial charge is 0.329 e. The molecule has 0 bridgehead atoms. The number of nitrogens with one attached hydrogen (secondary N) is 1. The Morgan fingerprint density at radius 3 is 2.57 bits per heavy atom. The van der Waals surface area contributed by atoms with Gasteiger partial charge in [-0.1, -0.05) is 18.9 Å². The van der Waals surface area contributed by atoms with Crippen LogP contribution in [0.25, 0.3) is 0 Å². The second-order valence-corrected chi connectivity index (χ2v) is 5.60. The number of non-ortho nitro benzene ring substituents is 1. The number of carbonyl (C=O) groups excluding carboxylic acids is 2. The van der Waals surface area contributed by atoms with Crippen LogP contribution in [-0.2, 0) is 4.79 Å². The number of amides is 3. The number of rotatable bonds is 2. The van der Waals surface area contributed by atoms with Gasteiger partial charge >= 0.3 is 6.03 Å². The first-order valence-corrected chi connectivity index (χ1v) is 6.90. The summed E-state index contributed by atoms with van der Waals surface area (Å²) in [6.07, 6.45) is 3.89. The van der Waals surface area contributed by atoms with Gasteiger partial charge in [0.05, 0.1) is 22.6 Å². The first kappa shape index (κ1) is 13.5. The second-order valence-electron chi connectivity index (χ2n) is 5.60. The highest BCUT2D eigenvalue weighted by Gasteiger charge is 2.45. The van der Waals surface area contributed by atoms with Crippen molar-refractivity contribution in [2.75, 3.05) is 4.90 Å². The average Bonchev–Trinajstić information content (AvgIpc) is 2.86. The van der Waals surface area contributed by atoms with Crippen molar-refractivity contribution in [3.8, 4) is 0 Å². The quantitative estimate of drug-likeness (QED) is 0.668. The number of hydrogen-bond donors (Lipinski definition) is 1. The summed E-state index contributed by atoms with van der Waals surface area (Å²) >= 11 is 0. The van der Waals surface area contributed by atoms with Gasteiger partial charge in [-0.3, -0.25) is 14.9 Å². The monoisotopic (exact) mass is 289 g/mol. The van der Waals surface area contributed by atoms with E-state index in [0.717, 1.165) is 30.6 Å². The Bertz CT molecular complexity index is 602. The maximum Gasteiger partial charge on any atom is 0.329 e.